The SMILES string of the molecule is [2H]C([2H])(c1nc2ccccc2n1Cc1ccc(Cl)cc1)N1CCCC1. The van der Waals surface area contributed by atoms with E-state index in [0.717, 1.165) is 42.5 Å². The maximum atomic E-state index is 8.73. The molecule has 1 aliphatic heterocycles. The summed E-state index contributed by atoms with van der Waals surface area (Å²) in [5.74, 6) is 0.477. The van der Waals surface area contributed by atoms with E-state index >= 15 is 0 Å². The summed E-state index contributed by atoms with van der Waals surface area (Å²) in [6, 6.07) is 15.5. The van der Waals surface area contributed by atoms with Crippen molar-refractivity contribution in [1.29, 1.82) is 0 Å². The summed E-state index contributed by atoms with van der Waals surface area (Å²) in [5, 5.41) is 0.701. The molecule has 2 heterocycles. The van der Waals surface area contributed by atoms with Crippen molar-refractivity contribution in [2.75, 3.05) is 13.1 Å². The van der Waals surface area contributed by atoms with E-state index in [4.69, 9.17) is 14.3 Å². The van der Waals surface area contributed by atoms with E-state index in [9.17, 15) is 0 Å². The first-order valence-corrected chi connectivity index (χ1v) is 8.39. The van der Waals surface area contributed by atoms with Crippen molar-refractivity contribution in [2.24, 2.45) is 0 Å². The van der Waals surface area contributed by atoms with Crippen LogP contribution in [0.25, 0.3) is 11.0 Å². The number of fused-ring (bicyclic) bond motifs is 1. The van der Waals surface area contributed by atoms with E-state index in [1.165, 1.54) is 0 Å². The number of benzene rings is 2. The Kier molecular flexibility index (Phi) is 3.47. The average Bonchev–Trinajstić information content (AvgIpc) is 3.26. The lowest BCUT2D eigenvalue weighted by Gasteiger charge is -2.16. The molecule has 0 amide bonds. The molecule has 0 atom stereocenters. The normalized spacial score (nSPS) is 17.4. The summed E-state index contributed by atoms with van der Waals surface area (Å²) in [6.45, 7) is 0.538. The molecule has 23 heavy (non-hydrogen) atoms. The monoisotopic (exact) mass is 327 g/mol. The predicted octanol–water partition coefficient (Wildman–Crippen LogP) is 4.33. The molecule has 0 unspecified atom stereocenters. The van der Waals surface area contributed by atoms with Crippen molar-refractivity contribution < 1.29 is 2.74 Å². The smallest absolute Gasteiger partial charge is 0.124 e. The van der Waals surface area contributed by atoms with Crippen LogP contribution >= 0.6 is 11.6 Å². The van der Waals surface area contributed by atoms with Gasteiger partial charge in [-0.2, -0.15) is 0 Å². The quantitative estimate of drug-likeness (QED) is 0.711. The summed E-state index contributed by atoms with van der Waals surface area (Å²) < 4.78 is 19.4. The molecule has 4 heteroatoms. The molecule has 0 N–H and O–H groups in total. The second kappa shape index (κ2) is 6.34. The van der Waals surface area contributed by atoms with Crippen molar-refractivity contribution in [3.8, 4) is 0 Å². The maximum absolute atomic E-state index is 8.73. The Bertz CT molecular complexity index is 883. The van der Waals surface area contributed by atoms with Crippen LogP contribution in [0.5, 0.6) is 0 Å². The summed E-state index contributed by atoms with van der Waals surface area (Å²) in [6.07, 6.45) is 2.08. The van der Waals surface area contributed by atoms with Gasteiger partial charge in [-0.15, -0.1) is 0 Å². The molecule has 1 fully saturated rings. The molecule has 3 aromatic rings. The van der Waals surface area contributed by atoms with E-state index in [0.29, 0.717) is 17.4 Å². The minimum atomic E-state index is -1.58. The molecular weight excluding hydrogens is 306 g/mol. The number of para-hydroxylation sites is 2. The van der Waals surface area contributed by atoms with E-state index in [2.05, 4.69) is 4.98 Å². The van der Waals surface area contributed by atoms with Gasteiger partial charge in [-0.05, 0) is 55.8 Å². The van der Waals surface area contributed by atoms with Gasteiger partial charge >= 0.3 is 0 Å². The second-order valence-electron chi connectivity index (χ2n) is 5.94. The summed E-state index contributed by atoms with van der Waals surface area (Å²) in [7, 11) is 0. The van der Waals surface area contributed by atoms with Crippen LogP contribution in [-0.4, -0.2) is 27.5 Å². The molecule has 0 aliphatic carbocycles. The standard InChI is InChI=1S/C19H20ClN3/c20-16-9-7-15(8-10-16)13-23-18-6-2-1-5-17(18)21-19(23)14-22-11-3-4-12-22/h1-2,5-10H,3-4,11-14H2/i14D2. The number of nitrogens with zero attached hydrogens (tertiary/aromatic N) is 3. The zero-order chi connectivity index (χ0) is 17.4. The Hall–Kier alpha value is -1.84. The van der Waals surface area contributed by atoms with Crippen LogP contribution in [0.2, 0.25) is 5.02 Å². The number of imidazole rings is 1. The lowest BCUT2D eigenvalue weighted by Crippen LogP contribution is -2.21. The Morgan fingerprint density at radius 1 is 1.04 bits per heavy atom. The highest BCUT2D eigenvalue weighted by Crippen LogP contribution is 2.21. The van der Waals surface area contributed by atoms with Crippen LogP contribution in [-0.2, 0) is 13.0 Å². The Morgan fingerprint density at radius 2 is 1.78 bits per heavy atom. The summed E-state index contributed by atoms with van der Waals surface area (Å²) in [5.41, 5.74) is 2.86. The van der Waals surface area contributed by atoms with E-state index in [1.807, 2.05) is 58.0 Å². The molecule has 2 aromatic carbocycles. The van der Waals surface area contributed by atoms with E-state index in [-0.39, 0.29) is 0 Å². The fourth-order valence-corrected chi connectivity index (χ4v) is 3.19. The van der Waals surface area contributed by atoms with Gasteiger partial charge in [-0.3, -0.25) is 4.90 Å². The average molecular weight is 328 g/mol. The molecule has 1 aliphatic rings. The van der Waals surface area contributed by atoms with E-state index < -0.39 is 6.50 Å². The van der Waals surface area contributed by atoms with Crippen LogP contribution in [0.3, 0.4) is 0 Å². The highest BCUT2D eigenvalue weighted by molar-refractivity contribution is 6.30. The largest absolute Gasteiger partial charge is 0.322 e. The van der Waals surface area contributed by atoms with Crippen LogP contribution in [0.15, 0.2) is 48.5 Å². The molecule has 0 spiro atoms. The van der Waals surface area contributed by atoms with Gasteiger partial charge in [0.05, 0.1) is 20.3 Å². The van der Waals surface area contributed by atoms with E-state index in [1.54, 1.807) is 0 Å². The minimum Gasteiger partial charge on any atom is -0.322 e. The third-order valence-electron chi connectivity index (χ3n) is 4.27. The Balaban J connectivity index is 1.81. The third kappa shape index (κ3) is 3.12. The van der Waals surface area contributed by atoms with Crippen molar-refractivity contribution in [2.45, 2.75) is 25.9 Å². The molecule has 0 bridgehead atoms. The van der Waals surface area contributed by atoms with Gasteiger partial charge in [-0.25, -0.2) is 4.98 Å². The van der Waals surface area contributed by atoms with Crippen LogP contribution in [0.4, 0.5) is 0 Å². The molecule has 118 valence electrons. The molecule has 0 radical (unpaired) electrons. The zero-order valence-electron chi connectivity index (χ0n) is 14.9. The van der Waals surface area contributed by atoms with Gasteiger partial charge in [0, 0.05) is 11.6 Å². The van der Waals surface area contributed by atoms with Gasteiger partial charge in [0.2, 0.25) is 0 Å². The lowest BCUT2D eigenvalue weighted by atomic mass is 10.2. The Morgan fingerprint density at radius 3 is 2.57 bits per heavy atom. The van der Waals surface area contributed by atoms with Gasteiger partial charge in [0.25, 0.3) is 0 Å². The van der Waals surface area contributed by atoms with Gasteiger partial charge in [0.15, 0.2) is 0 Å². The summed E-state index contributed by atoms with van der Waals surface area (Å²) in [4.78, 5) is 6.56. The minimum absolute atomic E-state index is 0.477. The number of hydrogen-bond acceptors (Lipinski definition) is 2. The van der Waals surface area contributed by atoms with Crippen molar-refractivity contribution in [3.05, 3.63) is 64.9 Å². The maximum Gasteiger partial charge on any atom is 0.124 e. The predicted molar refractivity (Wildman–Crippen MR) is 94.8 cm³/mol. The first kappa shape index (κ1) is 12.6. The van der Waals surface area contributed by atoms with Crippen LogP contribution in [0, 0.1) is 0 Å². The number of halogens is 1. The van der Waals surface area contributed by atoms with Gasteiger partial charge in [-0.1, -0.05) is 35.9 Å². The molecule has 0 saturated carbocycles. The van der Waals surface area contributed by atoms with Crippen molar-refractivity contribution >= 4 is 22.6 Å². The highest BCUT2D eigenvalue weighted by atomic mass is 35.5. The first-order valence-electron chi connectivity index (χ1n) is 9.01. The zero-order valence-corrected chi connectivity index (χ0v) is 13.6. The number of likely N-dealkylation sites (tertiary alicyclic amines) is 1. The molecule has 1 aromatic heterocycles. The number of aromatic nitrogens is 2. The van der Waals surface area contributed by atoms with Gasteiger partial charge in [0.1, 0.15) is 5.82 Å². The highest BCUT2D eigenvalue weighted by Gasteiger charge is 2.17. The lowest BCUT2D eigenvalue weighted by molar-refractivity contribution is 0.318. The third-order valence-corrected chi connectivity index (χ3v) is 4.52. The number of hydrogen-bond donors (Lipinski definition) is 0. The van der Waals surface area contributed by atoms with Crippen molar-refractivity contribution in [1.82, 2.24) is 14.5 Å². The van der Waals surface area contributed by atoms with Crippen molar-refractivity contribution in [3.63, 3.8) is 0 Å². The Labute approximate surface area is 144 Å². The fourth-order valence-electron chi connectivity index (χ4n) is 3.06. The second-order valence-corrected chi connectivity index (χ2v) is 6.38. The van der Waals surface area contributed by atoms with Crippen LogP contribution in [0.1, 0.15) is 27.0 Å². The molecule has 4 rings (SSSR count). The topological polar surface area (TPSA) is 21.1 Å². The fraction of sp³-hybridized carbons (Fsp3) is 0.316. The number of rotatable bonds is 4. The molecule has 1 saturated heterocycles. The first-order chi connectivity index (χ1) is 12.1. The van der Waals surface area contributed by atoms with Crippen LogP contribution < -0.4 is 0 Å². The molecule has 3 nitrogen and oxygen atoms in total. The summed E-state index contributed by atoms with van der Waals surface area (Å²) >= 11 is 5.99. The van der Waals surface area contributed by atoms with Gasteiger partial charge < -0.3 is 4.57 Å². The molecular formula is C19H20ClN3.